The van der Waals surface area contributed by atoms with Crippen LogP contribution in [0, 0.1) is 0 Å². The van der Waals surface area contributed by atoms with Gasteiger partial charge in [0.1, 0.15) is 0 Å². The predicted octanol–water partition coefficient (Wildman–Crippen LogP) is 1.40. The summed E-state index contributed by atoms with van der Waals surface area (Å²) in [5.74, 6) is 0. The summed E-state index contributed by atoms with van der Waals surface area (Å²) in [4.78, 5) is 0. The highest BCUT2D eigenvalue weighted by Gasteiger charge is 2.12. The van der Waals surface area contributed by atoms with E-state index in [0.717, 1.165) is 0 Å². The van der Waals surface area contributed by atoms with E-state index in [1.807, 2.05) is 0 Å². The van der Waals surface area contributed by atoms with E-state index in [4.69, 9.17) is 0 Å². The molecule has 2 rings (SSSR count). The maximum Gasteiger partial charge on any atom is -0.000634 e. The van der Waals surface area contributed by atoms with Gasteiger partial charge in [-0.25, -0.2) is 0 Å². The highest BCUT2D eigenvalue weighted by atomic mass is 31.1. The zero-order chi connectivity index (χ0) is 8.23. The Balaban J connectivity index is 2.08. The molecule has 0 aromatic heterocycles. The molecular formula is C10H14NP. The molecule has 1 aromatic rings. The molecule has 0 bridgehead atoms. The van der Waals surface area contributed by atoms with Crippen LogP contribution in [0.15, 0.2) is 30.3 Å². The summed E-state index contributed by atoms with van der Waals surface area (Å²) in [5, 5.41) is 4.98. The second kappa shape index (κ2) is 4.02. The molecule has 0 spiro atoms. The molecule has 1 nitrogen and oxygen atoms in total. The third-order valence-corrected chi connectivity index (χ3v) is 4.79. The maximum absolute atomic E-state index is 3.40. The van der Waals surface area contributed by atoms with Gasteiger partial charge in [0, 0.05) is 0 Å². The van der Waals surface area contributed by atoms with Crippen LogP contribution in [-0.4, -0.2) is 25.4 Å². The Hall–Kier alpha value is -0.390. The van der Waals surface area contributed by atoms with Gasteiger partial charge >= 0.3 is 0 Å². The van der Waals surface area contributed by atoms with Gasteiger partial charge in [0.2, 0.25) is 0 Å². The summed E-state index contributed by atoms with van der Waals surface area (Å²) < 4.78 is 0. The lowest BCUT2D eigenvalue weighted by Gasteiger charge is -2.23. The molecule has 0 unspecified atom stereocenters. The Morgan fingerprint density at radius 1 is 1.00 bits per heavy atom. The van der Waals surface area contributed by atoms with Crippen molar-refractivity contribution in [2.75, 3.05) is 25.4 Å². The van der Waals surface area contributed by atoms with Gasteiger partial charge in [0.15, 0.2) is 0 Å². The van der Waals surface area contributed by atoms with Gasteiger partial charge in [-0.15, -0.1) is 0 Å². The first-order valence-electron chi connectivity index (χ1n) is 4.47. The number of hydrogen-bond acceptors (Lipinski definition) is 1. The minimum atomic E-state index is 0.171. The maximum atomic E-state index is 3.40. The average molecular weight is 179 g/mol. The molecule has 0 atom stereocenters. The molecule has 1 heterocycles. The second-order valence-electron chi connectivity index (χ2n) is 3.07. The molecule has 64 valence electrons. The Morgan fingerprint density at radius 3 is 2.33 bits per heavy atom. The highest BCUT2D eigenvalue weighted by Crippen LogP contribution is 2.34. The molecule has 1 fully saturated rings. The van der Waals surface area contributed by atoms with Gasteiger partial charge in [-0.1, -0.05) is 38.3 Å². The number of nitrogens with one attached hydrogen (secondary N) is 1. The van der Waals surface area contributed by atoms with E-state index in [0.29, 0.717) is 0 Å². The van der Waals surface area contributed by atoms with Crippen molar-refractivity contribution in [3.63, 3.8) is 0 Å². The lowest BCUT2D eigenvalue weighted by Crippen LogP contribution is -2.29. The first kappa shape index (κ1) is 8.22. The van der Waals surface area contributed by atoms with Crippen molar-refractivity contribution in [1.82, 2.24) is 5.32 Å². The molecule has 0 aliphatic carbocycles. The Morgan fingerprint density at radius 2 is 1.67 bits per heavy atom. The summed E-state index contributed by atoms with van der Waals surface area (Å²) in [5.41, 5.74) is 0. The largest absolute Gasteiger partial charge is 0.316 e. The Kier molecular flexibility index (Phi) is 2.75. The first-order valence-corrected chi connectivity index (χ1v) is 6.19. The molecule has 0 amide bonds. The summed E-state index contributed by atoms with van der Waals surface area (Å²) in [7, 11) is 0.171. The van der Waals surface area contributed by atoms with Crippen LogP contribution in [0.3, 0.4) is 0 Å². The fraction of sp³-hybridized carbons (Fsp3) is 0.400. The molecule has 1 aliphatic heterocycles. The van der Waals surface area contributed by atoms with Crippen molar-refractivity contribution in [2.24, 2.45) is 0 Å². The molecule has 0 saturated carbocycles. The van der Waals surface area contributed by atoms with E-state index >= 15 is 0 Å². The van der Waals surface area contributed by atoms with Crippen LogP contribution >= 0.6 is 7.92 Å². The summed E-state index contributed by atoms with van der Waals surface area (Å²) in [6.45, 7) is 2.42. The van der Waals surface area contributed by atoms with Crippen LogP contribution in [0.25, 0.3) is 0 Å². The minimum Gasteiger partial charge on any atom is -0.316 e. The van der Waals surface area contributed by atoms with E-state index in [1.165, 1.54) is 25.4 Å². The van der Waals surface area contributed by atoms with Crippen molar-refractivity contribution < 1.29 is 0 Å². The third-order valence-electron chi connectivity index (χ3n) is 2.24. The van der Waals surface area contributed by atoms with E-state index < -0.39 is 0 Å². The summed E-state index contributed by atoms with van der Waals surface area (Å²) in [6, 6.07) is 11.0. The van der Waals surface area contributed by atoms with Crippen molar-refractivity contribution in [2.45, 2.75) is 0 Å². The SMILES string of the molecule is c1ccc(P2CCNCC2)cc1. The van der Waals surface area contributed by atoms with Crippen LogP contribution in [0.5, 0.6) is 0 Å². The zero-order valence-corrected chi connectivity index (χ0v) is 8.06. The van der Waals surface area contributed by atoms with Crippen LogP contribution in [0.4, 0.5) is 0 Å². The summed E-state index contributed by atoms with van der Waals surface area (Å²) in [6.07, 6.45) is 2.72. The molecular weight excluding hydrogens is 165 g/mol. The molecule has 1 saturated heterocycles. The van der Waals surface area contributed by atoms with Gasteiger partial charge in [0.25, 0.3) is 0 Å². The van der Waals surface area contributed by atoms with E-state index in [9.17, 15) is 0 Å². The quantitative estimate of drug-likeness (QED) is 0.642. The van der Waals surface area contributed by atoms with Crippen molar-refractivity contribution >= 4 is 13.2 Å². The van der Waals surface area contributed by atoms with Crippen LogP contribution in [-0.2, 0) is 0 Å². The van der Waals surface area contributed by atoms with Crippen molar-refractivity contribution in [3.8, 4) is 0 Å². The number of rotatable bonds is 1. The normalized spacial score (nSPS) is 19.3. The lowest BCUT2D eigenvalue weighted by molar-refractivity contribution is 0.749. The van der Waals surface area contributed by atoms with Gasteiger partial charge in [-0.2, -0.15) is 0 Å². The first-order chi connectivity index (χ1) is 5.97. The van der Waals surface area contributed by atoms with Crippen molar-refractivity contribution in [1.29, 1.82) is 0 Å². The number of benzene rings is 1. The zero-order valence-electron chi connectivity index (χ0n) is 7.16. The van der Waals surface area contributed by atoms with Crippen LogP contribution in [0.2, 0.25) is 0 Å². The van der Waals surface area contributed by atoms with E-state index in [2.05, 4.69) is 35.6 Å². The van der Waals surface area contributed by atoms with Gasteiger partial charge in [-0.05, 0) is 30.7 Å². The second-order valence-corrected chi connectivity index (χ2v) is 5.56. The predicted molar refractivity (Wildman–Crippen MR) is 55.6 cm³/mol. The molecule has 1 N–H and O–H groups in total. The van der Waals surface area contributed by atoms with Crippen LogP contribution < -0.4 is 10.6 Å². The van der Waals surface area contributed by atoms with Gasteiger partial charge in [-0.3, -0.25) is 0 Å². The average Bonchev–Trinajstić information content (AvgIpc) is 2.21. The Labute approximate surface area is 74.9 Å². The Bertz CT molecular complexity index is 229. The van der Waals surface area contributed by atoms with E-state index in [-0.39, 0.29) is 7.92 Å². The third kappa shape index (κ3) is 1.85. The van der Waals surface area contributed by atoms with Crippen molar-refractivity contribution in [3.05, 3.63) is 30.3 Å². The lowest BCUT2D eigenvalue weighted by atomic mass is 10.4. The van der Waals surface area contributed by atoms with Crippen LogP contribution in [0.1, 0.15) is 0 Å². The van der Waals surface area contributed by atoms with E-state index in [1.54, 1.807) is 5.30 Å². The standard InChI is InChI=1S/C10H14NP/c1-2-4-10(5-3-1)12-8-6-11-7-9-12/h1-5,11H,6-9H2. The summed E-state index contributed by atoms with van der Waals surface area (Å²) >= 11 is 0. The monoisotopic (exact) mass is 179 g/mol. The smallest absolute Gasteiger partial charge is 0.000634 e. The van der Waals surface area contributed by atoms with Gasteiger partial charge < -0.3 is 5.32 Å². The minimum absolute atomic E-state index is 0.171. The fourth-order valence-corrected chi connectivity index (χ4v) is 3.75. The molecule has 0 radical (unpaired) electrons. The molecule has 1 aliphatic rings. The highest BCUT2D eigenvalue weighted by molar-refractivity contribution is 7.65. The molecule has 12 heavy (non-hydrogen) atoms. The fourth-order valence-electron chi connectivity index (χ4n) is 1.56. The topological polar surface area (TPSA) is 12.0 Å². The number of hydrogen-bond donors (Lipinski definition) is 1. The van der Waals surface area contributed by atoms with Gasteiger partial charge in [0.05, 0.1) is 0 Å². The molecule has 2 heteroatoms. The molecule has 1 aromatic carbocycles.